The molecule has 1 aromatic heterocycles. The van der Waals surface area contributed by atoms with Gasteiger partial charge >= 0.3 is 0 Å². The highest BCUT2D eigenvalue weighted by molar-refractivity contribution is 5.34. The van der Waals surface area contributed by atoms with Crippen LogP contribution in [-0.4, -0.2) is 15.1 Å². The van der Waals surface area contributed by atoms with Crippen LogP contribution in [0.1, 0.15) is 11.3 Å². The summed E-state index contributed by atoms with van der Waals surface area (Å²) in [4.78, 5) is 8.03. The molecule has 2 rings (SSSR count). The topological polar surface area (TPSA) is 55.2 Å². The van der Waals surface area contributed by atoms with E-state index in [2.05, 4.69) is 9.97 Å². The van der Waals surface area contributed by atoms with Gasteiger partial charge in [-0.15, -0.1) is 0 Å². The molecule has 82 valence electrons. The molecular formula is C12H12N2O2. The van der Waals surface area contributed by atoms with E-state index in [9.17, 15) is 0 Å². The maximum atomic E-state index is 8.82. The maximum Gasteiger partial charge on any atom is 0.237 e. The SMILES string of the molecule is Cc1ccccc1Oc1cnc(CO)cn1. The zero-order valence-corrected chi connectivity index (χ0v) is 8.92. The number of rotatable bonds is 3. The number of aliphatic hydroxyl groups is 1. The Hall–Kier alpha value is -1.94. The lowest BCUT2D eigenvalue weighted by Gasteiger charge is -2.06. The van der Waals surface area contributed by atoms with E-state index in [1.165, 1.54) is 12.4 Å². The molecule has 1 heterocycles. The van der Waals surface area contributed by atoms with Gasteiger partial charge in [0.2, 0.25) is 5.88 Å². The number of para-hydroxylation sites is 1. The summed E-state index contributed by atoms with van der Waals surface area (Å²) < 4.78 is 5.55. The second-order valence-electron chi connectivity index (χ2n) is 3.37. The third-order valence-corrected chi connectivity index (χ3v) is 2.15. The predicted octanol–water partition coefficient (Wildman–Crippen LogP) is 2.07. The molecule has 0 saturated heterocycles. The Morgan fingerprint density at radius 1 is 1.19 bits per heavy atom. The summed E-state index contributed by atoms with van der Waals surface area (Å²) >= 11 is 0. The Morgan fingerprint density at radius 3 is 2.62 bits per heavy atom. The summed E-state index contributed by atoms with van der Waals surface area (Å²) in [6.45, 7) is 1.85. The Morgan fingerprint density at radius 2 is 2.00 bits per heavy atom. The van der Waals surface area contributed by atoms with Crippen LogP contribution in [0.2, 0.25) is 0 Å². The highest BCUT2D eigenvalue weighted by atomic mass is 16.5. The molecule has 0 atom stereocenters. The van der Waals surface area contributed by atoms with E-state index in [0.717, 1.165) is 11.3 Å². The number of ether oxygens (including phenoxy) is 1. The molecule has 0 saturated carbocycles. The quantitative estimate of drug-likeness (QED) is 0.853. The Kier molecular flexibility index (Phi) is 3.12. The van der Waals surface area contributed by atoms with Crippen molar-refractivity contribution < 1.29 is 9.84 Å². The average molecular weight is 216 g/mol. The lowest BCUT2D eigenvalue weighted by Crippen LogP contribution is -1.94. The second-order valence-corrected chi connectivity index (χ2v) is 3.37. The molecule has 4 heteroatoms. The molecule has 0 radical (unpaired) electrons. The van der Waals surface area contributed by atoms with Gasteiger partial charge in [0.25, 0.3) is 0 Å². The third kappa shape index (κ3) is 2.35. The maximum absolute atomic E-state index is 8.82. The Bertz CT molecular complexity index is 469. The molecule has 0 fully saturated rings. The van der Waals surface area contributed by atoms with Gasteiger partial charge in [0.15, 0.2) is 0 Å². The van der Waals surface area contributed by atoms with Crippen LogP contribution in [0.25, 0.3) is 0 Å². The number of benzene rings is 1. The van der Waals surface area contributed by atoms with Crippen molar-refractivity contribution in [3.8, 4) is 11.6 Å². The fourth-order valence-electron chi connectivity index (χ4n) is 1.26. The fourth-order valence-corrected chi connectivity index (χ4v) is 1.26. The summed E-state index contributed by atoms with van der Waals surface area (Å²) in [6.07, 6.45) is 2.99. The van der Waals surface area contributed by atoms with E-state index >= 15 is 0 Å². The number of hydrogen-bond acceptors (Lipinski definition) is 4. The van der Waals surface area contributed by atoms with E-state index in [4.69, 9.17) is 9.84 Å². The molecule has 0 bridgehead atoms. The van der Waals surface area contributed by atoms with Crippen LogP contribution in [-0.2, 0) is 6.61 Å². The molecule has 1 N–H and O–H groups in total. The summed E-state index contributed by atoms with van der Waals surface area (Å²) in [7, 11) is 0. The van der Waals surface area contributed by atoms with Crippen molar-refractivity contribution in [2.45, 2.75) is 13.5 Å². The van der Waals surface area contributed by atoms with Crippen LogP contribution in [0.4, 0.5) is 0 Å². The molecule has 0 spiro atoms. The molecule has 0 aliphatic rings. The summed E-state index contributed by atoms with van der Waals surface area (Å²) in [6, 6.07) is 7.68. The highest BCUT2D eigenvalue weighted by Crippen LogP contribution is 2.22. The molecule has 16 heavy (non-hydrogen) atoms. The van der Waals surface area contributed by atoms with Crippen molar-refractivity contribution in [3.05, 3.63) is 47.9 Å². The fraction of sp³-hybridized carbons (Fsp3) is 0.167. The van der Waals surface area contributed by atoms with Crippen LogP contribution >= 0.6 is 0 Å². The average Bonchev–Trinajstić information content (AvgIpc) is 2.33. The van der Waals surface area contributed by atoms with Gasteiger partial charge in [0.05, 0.1) is 24.7 Å². The summed E-state index contributed by atoms with van der Waals surface area (Å²) in [5, 5.41) is 8.82. The van der Waals surface area contributed by atoms with Gasteiger partial charge < -0.3 is 9.84 Å². The smallest absolute Gasteiger partial charge is 0.237 e. The monoisotopic (exact) mass is 216 g/mol. The van der Waals surface area contributed by atoms with Gasteiger partial charge in [-0.05, 0) is 18.6 Å². The highest BCUT2D eigenvalue weighted by Gasteiger charge is 2.01. The second kappa shape index (κ2) is 4.72. The Balaban J connectivity index is 2.18. The molecule has 0 aliphatic carbocycles. The molecule has 4 nitrogen and oxygen atoms in total. The molecular weight excluding hydrogens is 204 g/mol. The molecule has 1 aromatic carbocycles. The Labute approximate surface area is 93.6 Å². The van der Waals surface area contributed by atoms with Crippen molar-refractivity contribution >= 4 is 0 Å². The van der Waals surface area contributed by atoms with Crippen LogP contribution in [0, 0.1) is 6.92 Å². The van der Waals surface area contributed by atoms with Gasteiger partial charge in [-0.3, -0.25) is 4.98 Å². The number of aliphatic hydroxyl groups excluding tert-OH is 1. The number of aromatic nitrogens is 2. The normalized spacial score (nSPS) is 10.1. The third-order valence-electron chi connectivity index (χ3n) is 2.15. The number of aryl methyl sites for hydroxylation is 1. The van der Waals surface area contributed by atoms with Crippen molar-refractivity contribution in [2.75, 3.05) is 0 Å². The lowest BCUT2D eigenvalue weighted by molar-refractivity contribution is 0.276. The van der Waals surface area contributed by atoms with E-state index < -0.39 is 0 Å². The zero-order valence-electron chi connectivity index (χ0n) is 8.92. The van der Waals surface area contributed by atoms with Crippen LogP contribution in [0.15, 0.2) is 36.7 Å². The first-order chi connectivity index (χ1) is 7.79. The van der Waals surface area contributed by atoms with Gasteiger partial charge in [0.1, 0.15) is 5.75 Å². The first-order valence-electron chi connectivity index (χ1n) is 4.95. The van der Waals surface area contributed by atoms with Crippen molar-refractivity contribution in [2.24, 2.45) is 0 Å². The first kappa shape index (κ1) is 10.6. The minimum absolute atomic E-state index is 0.113. The van der Waals surface area contributed by atoms with Gasteiger partial charge in [-0.2, -0.15) is 0 Å². The lowest BCUT2D eigenvalue weighted by atomic mass is 10.2. The molecule has 0 unspecified atom stereocenters. The molecule has 0 aliphatic heterocycles. The van der Waals surface area contributed by atoms with E-state index in [1.807, 2.05) is 31.2 Å². The van der Waals surface area contributed by atoms with Crippen molar-refractivity contribution in [3.63, 3.8) is 0 Å². The first-order valence-corrected chi connectivity index (χ1v) is 4.95. The van der Waals surface area contributed by atoms with E-state index in [1.54, 1.807) is 0 Å². The minimum Gasteiger partial charge on any atom is -0.437 e. The van der Waals surface area contributed by atoms with Crippen LogP contribution < -0.4 is 4.74 Å². The summed E-state index contributed by atoms with van der Waals surface area (Å²) in [5.41, 5.74) is 1.56. The van der Waals surface area contributed by atoms with Crippen molar-refractivity contribution in [1.29, 1.82) is 0 Å². The van der Waals surface area contributed by atoms with E-state index in [-0.39, 0.29) is 6.61 Å². The van der Waals surface area contributed by atoms with Crippen LogP contribution in [0.5, 0.6) is 11.6 Å². The molecule has 0 amide bonds. The largest absolute Gasteiger partial charge is 0.437 e. The van der Waals surface area contributed by atoms with Crippen molar-refractivity contribution in [1.82, 2.24) is 9.97 Å². The predicted molar refractivity (Wildman–Crippen MR) is 59.2 cm³/mol. The van der Waals surface area contributed by atoms with E-state index in [0.29, 0.717) is 11.6 Å². The van der Waals surface area contributed by atoms with Crippen LogP contribution in [0.3, 0.4) is 0 Å². The minimum atomic E-state index is -0.113. The molecule has 2 aromatic rings. The standard InChI is InChI=1S/C12H12N2O2/c1-9-4-2-3-5-11(9)16-12-7-13-10(8-15)6-14-12/h2-7,15H,8H2,1H3. The zero-order chi connectivity index (χ0) is 11.4. The van der Waals surface area contributed by atoms with Gasteiger partial charge in [0, 0.05) is 0 Å². The summed E-state index contributed by atoms with van der Waals surface area (Å²) in [5.74, 6) is 1.18. The number of nitrogens with zero attached hydrogens (tertiary/aromatic N) is 2. The van der Waals surface area contributed by atoms with Gasteiger partial charge in [-0.25, -0.2) is 4.98 Å². The number of hydrogen-bond donors (Lipinski definition) is 1. The van der Waals surface area contributed by atoms with Gasteiger partial charge in [-0.1, -0.05) is 18.2 Å².